The highest BCUT2D eigenvalue weighted by Gasteiger charge is 2.41. The summed E-state index contributed by atoms with van der Waals surface area (Å²) in [4.78, 5) is 17.8. The van der Waals surface area contributed by atoms with E-state index >= 15 is 0 Å². The third kappa shape index (κ3) is 4.59. The van der Waals surface area contributed by atoms with Gasteiger partial charge in [0.15, 0.2) is 17.3 Å². The molecule has 35 heavy (non-hydrogen) atoms. The molecule has 1 unspecified atom stereocenters. The Kier molecular flexibility index (Phi) is 6.17. The van der Waals surface area contributed by atoms with E-state index in [1.54, 1.807) is 4.68 Å². The van der Waals surface area contributed by atoms with E-state index in [1.807, 2.05) is 31.2 Å². The first-order chi connectivity index (χ1) is 16.8. The summed E-state index contributed by atoms with van der Waals surface area (Å²) in [6.07, 6.45) is 2.78. The minimum atomic E-state index is -0.395. The van der Waals surface area contributed by atoms with Gasteiger partial charge in [-0.05, 0) is 64.9 Å². The Morgan fingerprint density at radius 3 is 2.80 bits per heavy atom. The molecule has 1 N–H and O–H groups in total. The van der Waals surface area contributed by atoms with Crippen LogP contribution in [0.25, 0.3) is 0 Å². The summed E-state index contributed by atoms with van der Waals surface area (Å²) in [7, 11) is 0. The number of fused-ring (bicyclic) bond motifs is 1. The summed E-state index contributed by atoms with van der Waals surface area (Å²) in [5.41, 5.74) is 4.71. The van der Waals surface area contributed by atoms with E-state index in [-0.39, 0.29) is 11.2 Å². The molecule has 1 aliphatic heterocycles. The van der Waals surface area contributed by atoms with E-state index < -0.39 is 6.04 Å². The topological polar surface area (TPSA) is 78.3 Å². The van der Waals surface area contributed by atoms with Gasteiger partial charge in [-0.2, -0.15) is 10.1 Å². The number of ketones is 1. The summed E-state index contributed by atoms with van der Waals surface area (Å²) in [6.45, 7) is 9.15. The molecule has 8 heteroatoms. The summed E-state index contributed by atoms with van der Waals surface area (Å²) in [6, 6.07) is 11.8. The number of ether oxygens (including phenoxy) is 2. The van der Waals surface area contributed by atoms with Crippen LogP contribution in [0, 0.1) is 12.3 Å². The van der Waals surface area contributed by atoms with Crippen LogP contribution in [0.1, 0.15) is 56.3 Å². The molecule has 0 saturated heterocycles. The molecule has 0 spiro atoms. The Morgan fingerprint density at radius 1 is 1.20 bits per heavy atom. The van der Waals surface area contributed by atoms with Crippen molar-refractivity contribution in [2.45, 2.75) is 53.2 Å². The van der Waals surface area contributed by atoms with Crippen molar-refractivity contribution in [2.75, 3.05) is 11.9 Å². The molecule has 2 aliphatic rings. The number of hydrogen-bond donors (Lipinski definition) is 1. The Balaban J connectivity index is 1.56. The molecule has 2 heterocycles. The minimum absolute atomic E-state index is 0.111. The van der Waals surface area contributed by atoms with E-state index in [9.17, 15) is 4.79 Å². The fourth-order valence-corrected chi connectivity index (χ4v) is 5.54. The maximum absolute atomic E-state index is 13.4. The first-order valence-electron chi connectivity index (χ1n) is 11.8. The van der Waals surface area contributed by atoms with Crippen molar-refractivity contribution in [3.63, 3.8) is 0 Å². The number of halogens is 1. The molecular formula is C27H29BrN4O3. The van der Waals surface area contributed by atoms with Gasteiger partial charge in [0, 0.05) is 17.7 Å². The molecule has 182 valence electrons. The van der Waals surface area contributed by atoms with Crippen molar-refractivity contribution >= 4 is 27.7 Å². The zero-order chi connectivity index (χ0) is 24.7. The quantitative estimate of drug-likeness (QED) is 0.417. The summed E-state index contributed by atoms with van der Waals surface area (Å²) in [5, 5.41) is 7.81. The molecule has 1 atom stereocenters. The first kappa shape index (κ1) is 23.6. The first-order valence-corrected chi connectivity index (χ1v) is 12.6. The normalized spacial score (nSPS) is 18.5. The number of benzene rings is 2. The van der Waals surface area contributed by atoms with Crippen LogP contribution < -0.4 is 14.8 Å². The third-order valence-electron chi connectivity index (χ3n) is 6.39. The molecule has 0 fully saturated rings. The summed E-state index contributed by atoms with van der Waals surface area (Å²) in [5.74, 6) is 2.02. The van der Waals surface area contributed by atoms with Gasteiger partial charge < -0.3 is 14.8 Å². The molecular weight excluding hydrogens is 508 g/mol. The number of hydrogen-bond acceptors (Lipinski definition) is 6. The van der Waals surface area contributed by atoms with Crippen LogP contribution in [0.4, 0.5) is 5.95 Å². The van der Waals surface area contributed by atoms with Crippen molar-refractivity contribution in [1.29, 1.82) is 0 Å². The van der Waals surface area contributed by atoms with Gasteiger partial charge in [-0.25, -0.2) is 4.68 Å². The number of aromatic nitrogens is 3. The average molecular weight is 537 g/mol. The monoisotopic (exact) mass is 536 g/mol. The fraction of sp³-hybridized carbons (Fsp3) is 0.370. The minimum Gasteiger partial charge on any atom is -0.490 e. The van der Waals surface area contributed by atoms with Crippen LogP contribution in [-0.4, -0.2) is 27.2 Å². The van der Waals surface area contributed by atoms with Crippen LogP contribution in [0.3, 0.4) is 0 Å². The fourth-order valence-electron chi connectivity index (χ4n) is 4.96. The third-order valence-corrected chi connectivity index (χ3v) is 6.98. The lowest BCUT2D eigenvalue weighted by molar-refractivity contribution is -0.118. The molecule has 7 nitrogen and oxygen atoms in total. The lowest BCUT2D eigenvalue weighted by atomic mass is 9.73. The Labute approximate surface area is 213 Å². The van der Waals surface area contributed by atoms with Crippen LogP contribution >= 0.6 is 15.9 Å². The van der Waals surface area contributed by atoms with Gasteiger partial charge in [0.25, 0.3) is 0 Å². The second-order valence-corrected chi connectivity index (χ2v) is 10.8. The van der Waals surface area contributed by atoms with Crippen molar-refractivity contribution in [3.8, 4) is 11.5 Å². The average Bonchev–Trinajstić information content (AvgIpc) is 3.24. The Bertz CT molecular complexity index is 1330. The SMILES string of the molecule is CCOc1cc(C2C3=C(CC(C)(C)CC3=O)Nc3ncnn32)cc(Br)c1OCc1cccc(C)c1. The molecule has 1 aliphatic carbocycles. The van der Waals surface area contributed by atoms with Crippen molar-refractivity contribution < 1.29 is 14.3 Å². The second kappa shape index (κ2) is 9.15. The van der Waals surface area contributed by atoms with Crippen LogP contribution in [0.15, 0.2) is 58.5 Å². The number of carbonyl (C=O) groups is 1. The highest BCUT2D eigenvalue weighted by atomic mass is 79.9. The largest absolute Gasteiger partial charge is 0.490 e. The summed E-state index contributed by atoms with van der Waals surface area (Å²) < 4.78 is 14.8. The second-order valence-electron chi connectivity index (χ2n) is 9.93. The van der Waals surface area contributed by atoms with E-state index in [1.165, 1.54) is 11.9 Å². The van der Waals surface area contributed by atoms with Gasteiger partial charge >= 0.3 is 0 Å². The van der Waals surface area contributed by atoms with E-state index in [4.69, 9.17) is 9.47 Å². The smallest absolute Gasteiger partial charge is 0.226 e. The molecule has 1 aromatic heterocycles. The molecule has 0 saturated carbocycles. The molecule has 3 aromatic rings. The van der Waals surface area contributed by atoms with Crippen molar-refractivity contribution in [3.05, 3.63) is 75.2 Å². The maximum Gasteiger partial charge on any atom is 0.226 e. The zero-order valence-electron chi connectivity index (χ0n) is 20.4. The van der Waals surface area contributed by atoms with Crippen molar-refractivity contribution in [2.24, 2.45) is 5.41 Å². The van der Waals surface area contributed by atoms with Crippen LogP contribution in [0.5, 0.6) is 11.5 Å². The van der Waals surface area contributed by atoms with Gasteiger partial charge in [0.2, 0.25) is 5.95 Å². The highest BCUT2D eigenvalue weighted by Crippen LogP contribution is 2.47. The van der Waals surface area contributed by atoms with E-state index in [0.717, 1.165) is 33.3 Å². The number of allylic oxidation sites excluding steroid dienone is 2. The molecule has 2 aromatic carbocycles. The Morgan fingerprint density at radius 2 is 2.03 bits per heavy atom. The van der Waals surface area contributed by atoms with E-state index in [0.29, 0.717) is 37.1 Å². The van der Waals surface area contributed by atoms with Crippen LogP contribution in [0.2, 0.25) is 0 Å². The number of aryl methyl sites for hydroxylation is 1. The Hall–Kier alpha value is -3.13. The van der Waals surface area contributed by atoms with E-state index in [2.05, 4.69) is 64.2 Å². The molecule has 5 rings (SSSR count). The number of nitrogens with zero attached hydrogens (tertiary/aromatic N) is 3. The summed E-state index contributed by atoms with van der Waals surface area (Å²) >= 11 is 3.71. The predicted octanol–water partition coefficient (Wildman–Crippen LogP) is 5.98. The highest BCUT2D eigenvalue weighted by molar-refractivity contribution is 9.10. The number of rotatable bonds is 6. The lowest BCUT2D eigenvalue weighted by Crippen LogP contribution is -2.36. The number of anilines is 1. The molecule has 0 amide bonds. The standard InChI is InChI=1S/C27H29BrN4O3/c1-5-34-22-11-18(10-19(28)25(22)35-14-17-8-6-7-16(2)9-17)24-23-20(12-27(3,4)13-21(23)33)31-26-29-15-30-32(24)26/h6-11,15,24H,5,12-14H2,1-4H3,(H,29,30,31). The number of carbonyl (C=O) groups excluding carboxylic acids is 1. The van der Waals surface area contributed by atoms with Gasteiger partial charge in [-0.15, -0.1) is 0 Å². The van der Waals surface area contributed by atoms with Crippen molar-refractivity contribution in [1.82, 2.24) is 14.8 Å². The maximum atomic E-state index is 13.4. The van der Waals surface area contributed by atoms with Crippen LogP contribution in [-0.2, 0) is 11.4 Å². The number of nitrogens with one attached hydrogen (secondary N) is 1. The predicted molar refractivity (Wildman–Crippen MR) is 138 cm³/mol. The molecule has 0 bridgehead atoms. The van der Waals surface area contributed by atoms with Gasteiger partial charge in [0.1, 0.15) is 19.0 Å². The zero-order valence-corrected chi connectivity index (χ0v) is 22.0. The molecule has 0 radical (unpaired) electrons. The van der Waals surface area contributed by atoms with Gasteiger partial charge in [0.05, 0.1) is 11.1 Å². The number of Topliss-reactive ketones (excluding diaryl/α,β-unsaturated/α-hetero) is 1. The van der Waals surface area contributed by atoms with Gasteiger partial charge in [-0.1, -0.05) is 43.7 Å². The lowest BCUT2D eigenvalue weighted by Gasteiger charge is -2.38. The van der Waals surface area contributed by atoms with Gasteiger partial charge in [-0.3, -0.25) is 4.79 Å².